The Morgan fingerprint density at radius 1 is 1.29 bits per heavy atom. The van der Waals surface area contributed by atoms with Crippen molar-refractivity contribution in [3.63, 3.8) is 0 Å². The standard InChI is InChI=1S/C18H26N2O4/c1-14-5-7-16(8-6-14)24-13-18(23-3)9-4-10-20(12-18)17(22)11-19-15(2)21/h5-8H,4,9-13H2,1-3H3,(H,19,21)/t18-/m0/s1. The van der Waals surface area contributed by atoms with Gasteiger partial charge < -0.3 is 19.7 Å². The molecule has 1 aromatic rings. The maximum absolute atomic E-state index is 12.2. The van der Waals surface area contributed by atoms with E-state index < -0.39 is 5.60 Å². The van der Waals surface area contributed by atoms with Crippen LogP contribution < -0.4 is 10.1 Å². The van der Waals surface area contributed by atoms with Gasteiger partial charge in [0.15, 0.2) is 0 Å². The van der Waals surface area contributed by atoms with E-state index in [-0.39, 0.29) is 18.4 Å². The second-order valence-electron chi connectivity index (χ2n) is 6.32. The summed E-state index contributed by atoms with van der Waals surface area (Å²) in [5.74, 6) is 0.487. The molecule has 1 fully saturated rings. The quantitative estimate of drug-likeness (QED) is 0.856. The Labute approximate surface area is 143 Å². The number of ether oxygens (including phenoxy) is 2. The molecule has 132 valence electrons. The minimum atomic E-state index is -0.519. The van der Waals surface area contributed by atoms with Crippen LogP contribution in [0.2, 0.25) is 0 Å². The van der Waals surface area contributed by atoms with Gasteiger partial charge in [-0.2, -0.15) is 0 Å². The van der Waals surface area contributed by atoms with Crippen LogP contribution in [0.1, 0.15) is 25.3 Å². The van der Waals surface area contributed by atoms with E-state index in [0.717, 1.165) is 18.6 Å². The molecule has 0 aromatic heterocycles. The van der Waals surface area contributed by atoms with Crippen molar-refractivity contribution in [2.75, 3.05) is 33.4 Å². The van der Waals surface area contributed by atoms with Crippen molar-refractivity contribution in [2.24, 2.45) is 0 Å². The van der Waals surface area contributed by atoms with Crippen LogP contribution in [-0.4, -0.2) is 55.7 Å². The van der Waals surface area contributed by atoms with Gasteiger partial charge in [0.05, 0.1) is 13.1 Å². The number of hydrogen-bond acceptors (Lipinski definition) is 4. The fraction of sp³-hybridized carbons (Fsp3) is 0.556. The van der Waals surface area contributed by atoms with Gasteiger partial charge in [0.2, 0.25) is 11.8 Å². The van der Waals surface area contributed by atoms with E-state index in [1.807, 2.05) is 31.2 Å². The van der Waals surface area contributed by atoms with Crippen molar-refractivity contribution < 1.29 is 19.1 Å². The number of carbonyl (C=O) groups excluding carboxylic acids is 2. The van der Waals surface area contributed by atoms with Crippen LogP contribution in [0.3, 0.4) is 0 Å². The lowest BCUT2D eigenvalue weighted by Crippen LogP contribution is -2.55. The molecule has 1 heterocycles. The summed E-state index contributed by atoms with van der Waals surface area (Å²) in [6.45, 7) is 4.98. The van der Waals surface area contributed by atoms with Crippen molar-refractivity contribution in [3.8, 4) is 5.75 Å². The molecule has 1 aromatic carbocycles. The number of amides is 2. The summed E-state index contributed by atoms with van der Waals surface area (Å²) >= 11 is 0. The largest absolute Gasteiger partial charge is 0.491 e. The highest BCUT2D eigenvalue weighted by Gasteiger charge is 2.38. The minimum Gasteiger partial charge on any atom is -0.491 e. The predicted octanol–water partition coefficient (Wildman–Crippen LogP) is 1.52. The van der Waals surface area contributed by atoms with Crippen LogP contribution in [0.15, 0.2) is 24.3 Å². The van der Waals surface area contributed by atoms with E-state index in [1.54, 1.807) is 12.0 Å². The number of methoxy groups -OCH3 is 1. The molecule has 6 heteroatoms. The molecule has 2 amide bonds. The SMILES string of the molecule is CO[C@@]1(COc2ccc(C)cc2)CCCN(C(=O)CNC(C)=O)C1. The van der Waals surface area contributed by atoms with E-state index in [0.29, 0.717) is 19.7 Å². The minimum absolute atomic E-state index is 0.0218. The summed E-state index contributed by atoms with van der Waals surface area (Å²) in [5, 5.41) is 2.55. The van der Waals surface area contributed by atoms with E-state index in [1.165, 1.54) is 12.5 Å². The molecule has 24 heavy (non-hydrogen) atoms. The average Bonchev–Trinajstić information content (AvgIpc) is 2.59. The molecule has 1 aliphatic rings. The number of rotatable bonds is 6. The topological polar surface area (TPSA) is 67.9 Å². The van der Waals surface area contributed by atoms with Gasteiger partial charge in [-0.3, -0.25) is 9.59 Å². The van der Waals surface area contributed by atoms with Crippen LogP contribution in [-0.2, 0) is 14.3 Å². The smallest absolute Gasteiger partial charge is 0.242 e. The summed E-state index contributed by atoms with van der Waals surface area (Å²) in [6.07, 6.45) is 1.68. The van der Waals surface area contributed by atoms with Crippen molar-refractivity contribution in [1.29, 1.82) is 0 Å². The lowest BCUT2D eigenvalue weighted by Gasteiger charge is -2.41. The highest BCUT2D eigenvalue weighted by molar-refractivity contribution is 5.83. The van der Waals surface area contributed by atoms with Gasteiger partial charge >= 0.3 is 0 Å². The number of aryl methyl sites for hydroxylation is 1. The molecule has 0 radical (unpaired) electrons. The van der Waals surface area contributed by atoms with Gasteiger partial charge in [-0.05, 0) is 31.9 Å². The van der Waals surface area contributed by atoms with Crippen molar-refractivity contribution in [2.45, 2.75) is 32.3 Å². The third-order valence-corrected chi connectivity index (χ3v) is 4.34. The normalized spacial score (nSPS) is 20.5. The van der Waals surface area contributed by atoms with Crippen molar-refractivity contribution in [3.05, 3.63) is 29.8 Å². The molecule has 1 aliphatic heterocycles. The van der Waals surface area contributed by atoms with Crippen LogP contribution in [0.25, 0.3) is 0 Å². The summed E-state index contributed by atoms with van der Waals surface area (Å²) < 4.78 is 11.6. The average molecular weight is 334 g/mol. The van der Waals surface area contributed by atoms with E-state index in [2.05, 4.69) is 5.32 Å². The second-order valence-corrected chi connectivity index (χ2v) is 6.32. The fourth-order valence-corrected chi connectivity index (χ4v) is 2.82. The molecule has 0 unspecified atom stereocenters. The number of carbonyl (C=O) groups is 2. The highest BCUT2D eigenvalue weighted by atomic mass is 16.5. The molecule has 0 aliphatic carbocycles. The maximum atomic E-state index is 12.2. The van der Waals surface area contributed by atoms with E-state index in [9.17, 15) is 9.59 Å². The second kappa shape index (κ2) is 8.15. The number of likely N-dealkylation sites (tertiary alicyclic amines) is 1. The molecule has 1 N–H and O–H groups in total. The summed E-state index contributed by atoms with van der Waals surface area (Å²) in [5.41, 5.74) is 0.658. The third-order valence-electron chi connectivity index (χ3n) is 4.34. The lowest BCUT2D eigenvalue weighted by atomic mass is 9.93. The first-order valence-corrected chi connectivity index (χ1v) is 8.21. The summed E-state index contributed by atoms with van der Waals surface area (Å²) in [4.78, 5) is 24.9. The van der Waals surface area contributed by atoms with Gasteiger partial charge in [-0.1, -0.05) is 17.7 Å². The molecular weight excluding hydrogens is 308 g/mol. The fourth-order valence-electron chi connectivity index (χ4n) is 2.82. The van der Waals surface area contributed by atoms with Gasteiger partial charge in [-0.15, -0.1) is 0 Å². The van der Waals surface area contributed by atoms with Crippen LogP contribution in [0.4, 0.5) is 0 Å². The maximum Gasteiger partial charge on any atom is 0.242 e. The number of piperidine rings is 1. The first-order chi connectivity index (χ1) is 11.4. The monoisotopic (exact) mass is 334 g/mol. The number of hydrogen-bond donors (Lipinski definition) is 1. The Balaban J connectivity index is 1.95. The molecule has 2 rings (SSSR count). The number of benzene rings is 1. The molecule has 0 spiro atoms. The molecule has 0 bridgehead atoms. The van der Waals surface area contributed by atoms with E-state index >= 15 is 0 Å². The molecule has 1 atom stereocenters. The Bertz CT molecular complexity index is 573. The Hall–Kier alpha value is -2.08. The van der Waals surface area contributed by atoms with Gasteiger partial charge in [0.1, 0.15) is 18.0 Å². The zero-order valence-corrected chi connectivity index (χ0v) is 14.6. The van der Waals surface area contributed by atoms with Gasteiger partial charge in [-0.25, -0.2) is 0 Å². The third kappa shape index (κ3) is 4.96. The summed E-state index contributed by atoms with van der Waals surface area (Å²) in [6, 6.07) is 7.86. The first-order valence-electron chi connectivity index (χ1n) is 8.21. The molecule has 1 saturated heterocycles. The Morgan fingerprint density at radius 2 is 2.00 bits per heavy atom. The summed E-state index contributed by atoms with van der Waals surface area (Å²) in [7, 11) is 1.65. The van der Waals surface area contributed by atoms with Crippen molar-refractivity contribution in [1.82, 2.24) is 10.2 Å². The first kappa shape index (κ1) is 18.3. The highest BCUT2D eigenvalue weighted by Crippen LogP contribution is 2.26. The van der Waals surface area contributed by atoms with Crippen LogP contribution >= 0.6 is 0 Å². The predicted molar refractivity (Wildman–Crippen MR) is 90.9 cm³/mol. The molecule has 6 nitrogen and oxygen atoms in total. The van der Waals surface area contributed by atoms with Crippen molar-refractivity contribution >= 4 is 11.8 Å². The molecular formula is C18H26N2O4. The van der Waals surface area contributed by atoms with Crippen LogP contribution in [0, 0.1) is 6.92 Å². The Kier molecular flexibility index (Phi) is 6.20. The van der Waals surface area contributed by atoms with Gasteiger partial charge in [0.25, 0.3) is 0 Å². The van der Waals surface area contributed by atoms with E-state index in [4.69, 9.17) is 9.47 Å². The molecule has 0 saturated carbocycles. The lowest BCUT2D eigenvalue weighted by molar-refractivity contribution is -0.143. The Morgan fingerprint density at radius 3 is 2.62 bits per heavy atom. The van der Waals surface area contributed by atoms with Crippen LogP contribution in [0.5, 0.6) is 5.75 Å². The number of nitrogens with zero attached hydrogens (tertiary/aromatic N) is 1. The van der Waals surface area contributed by atoms with Gasteiger partial charge in [0, 0.05) is 20.6 Å². The zero-order valence-electron chi connectivity index (χ0n) is 14.6. The zero-order chi connectivity index (χ0) is 17.6. The number of nitrogens with one attached hydrogen (secondary N) is 1.